The molecule has 1 aromatic heterocycles. The lowest BCUT2D eigenvalue weighted by Crippen LogP contribution is -3.28. The number of quaternary nitrogens is 2. The standard InChI is InChI=1S/C22H31N3O3S/c1-4-25-16(2)15-19(27)20(22(25)28)21(17-5-7-18(29-3)8-6-17)24-11-9-23(10-12-24)13-14-26/h5-8,15,21,26-27H,4,9-14H2,1-3H3/p+2/t21-/m0/s1. The molecule has 0 bridgehead atoms. The first kappa shape index (κ1) is 21.9. The van der Waals surface area contributed by atoms with E-state index < -0.39 is 0 Å². The summed E-state index contributed by atoms with van der Waals surface area (Å²) in [7, 11) is 0. The highest BCUT2D eigenvalue weighted by Crippen LogP contribution is 2.27. The highest BCUT2D eigenvalue weighted by atomic mass is 32.2. The molecule has 1 aromatic carbocycles. The zero-order chi connectivity index (χ0) is 21.0. The van der Waals surface area contributed by atoms with Crippen LogP contribution in [0.25, 0.3) is 0 Å². The van der Waals surface area contributed by atoms with Crippen LogP contribution in [0.5, 0.6) is 5.75 Å². The molecule has 158 valence electrons. The van der Waals surface area contributed by atoms with E-state index >= 15 is 0 Å². The summed E-state index contributed by atoms with van der Waals surface area (Å²) in [5, 5.41) is 20.1. The Morgan fingerprint density at radius 1 is 1.17 bits per heavy atom. The van der Waals surface area contributed by atoms with Crippen LogP contribution in [0.2, 0.25) is 0 Å². The van der Waals surface area contributed by atoms with Gasteiger partial charge in [-0.3, -0.25) is 4.79 Å². The van der Waals surface area contributed by atoms with E-state index in [4.69, 9.17) is 0 Å². The molecule has 0 radical (unpaired) electrons. The van der Waals surface area contributed by atoms with Gasteiger partial charge in [-0.2, -0.15) is 0 Å². The van der Waals surface area contributed by atoms with Gasteiger partial charge in [0, 0.05) is 22.7 Å². The summed E-state index contributed by atoms with van der Waals surface area (Å²) < 4.78 is 1.74. The monoisotopic (exact) mass is 419 g/mol. The molecule has 0 spiro atoms. The quantitative estimate of drug-likeness (QED) is 0.456. The minimum Gasteiger partial charge on any atom is -0.507 e. The van der Waals surface area contributed by atoms with E-state index in [0.717, 1.165) is 44.0 Å². The van der Waals surface area contributed by atoms with E-state index in [9.17, 15) is 15.0 Å². The molecular formula is C22H33N3O3S+2. The molecule has 0 aliphatic carbocycles. The average Bonchev–Trinajstić information content (AvgIpc) is 2.72. The van der Waals surface area contributed by atoms with E-state index in [1.54, 1.807) is 22.4 Å². The second-order valence-corrected chi connectivity index (χ2v) is 8.60. The van der Waals surface area contributed by atoms with Crippen molar-refractivity contribution in [1.82, 2.24) is 4.57 Å². The summed E-state index contributed by atoms with van der Waals surface area (Å²) in [6, 6.07) is 9.87. The number of aliphatic hydroxyl groups excluding tert-OH is 1. The van der Waals surface area contributed by atoms with Crippen LogP contribution in [0.15, 0.2) is 40.0 Å². The number of hydrogen-bond acceptors (Lipinski definition) is 4. The summed E-state index contributed by atoms with van der Waals surface area (Å²) >= 11 is 1.69. The Bertz CT molecular complexity index is 874. The molecule has 2 aromatic rings. The van der Waals surface area contributed by atoms with Gasteiger partial charge in [0.15, 0.2) is 0 Å². The Morgan fingerprint density at radius 3 is 2.38 bits per heavy atom. The number of aliphatic hydroxyl groups is 1. The molecule has 6 nitrogen and oxygen atoms in total. The van der Waals surface area contributed by atoms with E-state index in [1.807, 2.05) is 20.1 Å². The van der Waals surface area contributed by atoms with Gasteiger partial charge in [0.1, 0.15) is 50.1 Å². The molecule has 0 amide bonds. The molecule has 1 atom stereocenters. The van der Waals surface area contributed by atoms with Gasteiger partial charge in [-0.15, -0.1) is 11.8 Å². The molecule has 29 heavy (non-hydrogen) atoms. The number of thioether (sulfide) groups is 1. The number of aryl methyl sites for hydroxylation is 1. The fraction of sp³-hybridized carbons (Fsp3) is 0.500. The second kappa shape index (κ2) is 9.80. The predicted molar refractivity (Wildman–Crippen MR) is 116 cm³/mol. The van der Waals surface area contributed by atoms with Crippen molar-refractivity contribution in [1.29, 1.82) is 0 Å². The Labute approximate surface area is 176 Å². The molecule has 4 N–H and O–H groups in total. The molecule has 1 fully saturated rings. The van der Waals surface area contributed by atoms with Crippen molar-refractivity contribution in [3.05, 3.63) is 57.5 Å². The van der Waals surface area contributed by atoms with Crippen LogP contribution in [0, 0.1) is 6.92 Å². The molecule has 1 aliphatic heterocycles. The van der Waals surface area contributed by atoms with Crippen LogP contribution < -0.4 is 15.4 Å². The summed E-state index contributed by atoms with van der Waals surface area (Å²) in [5.74, 6) is 0.0915. The predicted octanol–water partition coefficient (Wildman–Crippen LogP) is -0.531. The van der Waals surface area contributed by atoms with Crippen molar-refractivity contribution in [3.63, 3.8) is 0 Å². The van der Waals surface area contributed by atoms with Crippen LogP contribution in [-0.4, -0.2) is 60.4 Å². The van der Waals surface area contributed by atoms with Gasteiger partial charge >= 0.3 is 0 Å². The second-order valence-electron chi connectivity index (χ2n) is 7.72. The maximum absolute atomic E-state index is 13.3. The minimum atomic E-state index is -0.201. The van der Waals surface area contributed by atoms with Gasteiger partial charge in [0.05, 0.1) is 6.61 Å². The van der Waals surface area contributed by atoms with E-state index in [2.05, 4.69) is 24.3 Å². The van der Waals surface area contributed by atoms with Gasteiger partial charge in [0.2, 0.25) is 0 Å². The lowest BCUT2D eigenvalue weighted by Gasteiger charge is -2.35. The smallest absolute Gasteiger partial charge is 0.264 e. The first-order valence-electron chi connectivity index (χ1n) is 10.4. The Balaban J connectivity index is 2.06. The molecule has 2 heterocycles. The molecule has 3 rings (SSSR count). The average molecular weight is 420 g/mol. The first-order valence-corrected chi connectivity index (χ1v) is 11.6. The van der Waals surface area contributed by atoms with Gasteiger partial charge in [-0.25, -0.2) is 0 Å². The van der Waals surface area contributed by atoms with Crippen LogP contribution in [0.1, 0.15) is 29.8 Å². The fourth-order valence-electron chi connectivity index (χ4n) is 4.46. The lowest BCUT2D eigenvalue weighted by molar-refractivity contribution is -1.02. The van der Waals surface area contributed by atoms with Crippen molar-refractivity contribution in [2.75, 3.05) is 45.6 Å². The fourth-order valence-corrected chi connectivity index (χ4v) is 4.87. The summed E-state index contributed by atoms with van der Waals surface area (Å²) in [6.07, 6.45) is 2.05. The topological polar surface area (TPSA) is 71.3 Å². The number of nitrogens with zero attached hydrogens (tertiary/aromatic N) is 1. The number of pyridine rings is 1. The summed E-state index contributed by atoms with van der Waals surface area (Å²) in [5.41, 5.74) is 2.24. The van der Waals surface area contributed by atoms with Crippen LogP contribution in [0.4, 0.5) is 0 Å². The van der Waals surface area contributed by atoms with Gasteiger partial charge < -0.3 is 24.6 Å². The number of aromatic hydroxyl groups is 1. The maximum atomic E-state index is 13.3. The summed E-state index contributed by atoms with van der Waals surface area (Å²) in [6.45, 7) is 9.05. The van der Waals surface area contributed by atoms with Gasteiger partial charge in [-0.05, 0) is 38.3 Å². The Kier molecular flexibility index (Phi) is 7.40. The third-order valence-corrected chi connectivity index (χ3v) is 6.79. The van der Waals surface area contributed by atoms with Crippen LogP contribution in [0.3, 0.4) is 0 Å². The van der Waals surface area contributed by atoms with E-state index in [-0.39, 0.29) is 24.0 Å². The van der Waals surface area contributed by atoms with Crippen molar-refractivity contribution in [2.45, 2.75) is 31.3 Å². The minimum absolute atomic E-state index is 0.0915. The molecule has 1 saturated heterocycles. The van der Waals surface area contributed by atoms with Crippen molar-refractivity contribution < 1.29 is 20.0 Å². The van der Waals surface area contributed by atoms with Crippen molar-refractivity contribution >= 4 is 11.8 Å². The van der Waals surface area contributed by atoms with Crippen molar-refractivity contribution in [2.24, 2.45) is 0 Å². The first-order chi connectivity index (χ1) is 14.0. The summed E-state index contributed by atoms with van der Waals surface area (Å²) in [4.78, 5) is 17.2. The molecule has 1 aliphatic rings. The van der Waals surface area contributed by atoms with Crippen LogP contribution >= 0.6 is 11.8 Å². The number of nitrogens with one attached hydrogen (secondary N) is 2. The highest BCUT2D eigenvalue weighted by Gasteiger charge is 2.35. The molecule has 7 heteroatoms. The number of benzene rings is 1. The number of aromatic nitrogens is 1. The van der Waals surface area contributed by atoms with Gasteiger partial charge in [-0.1, -0.05) is 12.1 Å². The number of piperazine rings is 1. The lowest BCUT2D eigenvalue weighted by atomic mass is 9.96. The Hall–Kier alpha value is -1.80. The van der Waals surface area contributed by atoms with Crippen molar-refractivity contribution in [3.8, 4) is 5.75 Å². The van der Waals surface area contributed by atoms with E-state index in [0.29, 0.717) is 12.1 Å². The third-order valence-electron chi connectivity index (χ3n) is 6.05. The van der Waals surface area contributed by atoms with Crippen LogP contribution in [-0.2, 0) is 6.54 Å². The largest absolute Gasteiger partial charge is 0.507 e. The third kappa shape index (κ3) is 4.69. The molecular weight excluding hydrogens is 386 g/mol. The Morgan fingerprint density at radius 2 is 1.83 bits per heavy atom. The number of hydrogen-bond donors (Lipinski definition) is 4. The normalized spacial score (nSPS) is 20.6. The molecule has 0 unspecified atom stereocenters. The maximum Gasteiger partial charge on any atom is 0.264 e. The highest BCUT2D eigenvalue weighted by molar-refractivity contribution is 7.98. The number of rotatable bonds is 7. The van der Waals surface area contributed by atoms with Gasteiger partial charge in [0.25, 0.3) is 5.56 Å². The zero-order valence-corrected chi connectivity index (χ0v) is 18.4. The van der Waals surface area contributed by atoms with E-state index in [1.165, 1.54) is 14.7 Å². The molecule has 0 saturated carbocycles. The zero-order valence-electron chi connectivity index (χ0n) is 17.6. The SMILES string of the molecule is CCn1c(C)cc(O)c([C@H](c2ccc(SC)cc2)[NH+]2CC[NH+](CCO)CC2)c1=O.